The number of carboxylic acids is 1. The summed E-state index contributed by atoms with van der Waals surface area (Å²) in [6.07, 6.45) is 2.19. The second kappa shape index (κ2) is 7.06. The lowest BCUT2D eigenvalue weighted by molar-refractivity contribution is -0.128. The number of carbonyl (C=O) groups excluding carboxylic acids is 2. The highest BCUT2D eigenvalue weighted by Gasteiger charge is 2.33. The molecule has 2 amide bonds. The van der Waals surface area contributed by atoms with Gasteiger partial charge in [0.2, 0.25) is 11.8 Å². The maximum Gasteiger partial charge on any atom is 0.335 e. The highest BCUT2D eigenvalue weighted by Crippen LogP contribution is 2.20. The van der Waals surface area contributed by atoms with Crippen molar-refractivity contribution in [1.29, 1.82) is 0 Å². The highest BCUT2D eigenvalue weighted by atomic mass is 16.4. The van der Waals surface area contributed by atoms with Crippen molar-refractivity contribution in [2.45, 2.75) is 26.2 Å². The number of nitrogens with zero attached hydrogens (tertiary/aromatic N) is 1. The molecule has 0 radical (unpaired) electrons. The Kier molecular flexibility index (Phi) is 5.14. The minimum Gasteiger partial charge on any atom is -0.478 e. The number of nitrogens with one attached hydrogen (secondary N) is 1. The van der Waals surface area contributed by atoms with Gasteiger partial charge in [0.1, 0.15) is 0 Å². The lowest BCUT2D eigenvalue weighted by Crippen LogP contribution is -2.29. The van der Waals surface area contributed by atoms with Gasteiger partial charge >= 0.3 is 5.97 Å². The molecule has 2 N–H and O–H groups in total. The Labute approximate surface area is 129 Å². The van der Waals surface area contributed by atoms with Gasteiger partial charge in [-0.25, -0.2) is 4.79 Å². The van der Waals surface area contributed by atoms with Crippen LogP contribution in [0, 0.1) is 5.92 Å². The minimum atomic E-state index is -1.01. The summed E-state index contributed by atoms with van der Waals surface area (Å²) in [5.41, 5.74) is 0.703. The van der Waals surface area contributed by atoms with Crippen molar-refractivity contribution >= 4 is 23.5 Å². The van der Waals surface area contributed by atoms with Gasteiger partial charge in [0.05, 0.1) is 11.5 Å². The van der Waals surface area contributed by atoms with Gasteiger partial charge in [-0.3, -0.25) is 9.59 Å². The second-order valence-corrected chi connectivity index (χ2v) is 5.47. The number of hydrogen-bond acceptors (Lipinski definition) is 3. The van der Waals surface area contributed by atoms with E-state index in [-0.39, 0.29) is 29.7 Å². The van der Waals surface area contributed by atoms with E-state index < -0.39 is 5.97 Å². The van der Waals surface area contributed by atoms with E-state index in [0.717, 1.165) is 12.8 Å². The molecule has 0 unspecified atom stereocenters. The largest absolute Gasteiger partial charge is 0.478 e. The predicted octanol–water partition coefficient (Wildman–Crippen LogP) is 1.97. The number of anilines is 1. The number of hydrogen-bond donors (Lipinski definition) is 2. The van der Waals surface area contributed by atoms with E-state index in [2.05, 4.69) is 12.2 Å². The van der Waals surface area contributed by atoms with E-state index in [0.29, 0.717) is 18.8 Å². The first-order valence-corrected chi connectivity index (χ1v) is 7.43. The number of carbonyl (C=O) groups is 3. The number of benzene rings is 1. The first kappa shape index (κ1) is 16.0. The van der Waals surface area contributed by atoms with Crippen molar-refractivity contribution < 1.29 is 19.5 Å². The SMILES string of the molecule is CCCCN1C[C@@H](C(=O)Nc2ccc(C(=O)O)cc2)CC1=O. The fourth-order valence-electron chi connectivity index (χ4n) is 2.45. The van der Waals surface area contributed by atoms with Gasteiger partial charge in [0.25, 0.3) is 0 Å². The van der Waals surface area contributed by atoms with Crippen LogP contribution in [0.4, 0.5) is 5.69 Å². The Balaban J connectivity index is 1.92. The molecule has 1 aliphatic rings. The van der Waals surface area contributed by atoms with Crippen LogP contribution >= 0.6 is 0 Å². The molecule has 22 heavy (non-hydrogen) atoms. The van der Waals surface area contributed by atoms with Crippen LogP contribution in [0.5, 0.6) is 0 Å². The Morgan fingerprint density at radius 2 is 2.00 bits per heavy atom. The number of carboxylic acid groups (broad SMARTS) is 1. The molecule has 0 spiro atoms. The number of likely N-dealkylation sites (tertiary alicyclic amines) is 1. The molecule has 0 aliphatic carbocycles. The van der Waals surface area contributed by atoms with Gasteiger partial charge in [-0.05, 0) is 30.7 Å². The summed E-state index contributed by atoms with van der Waals surface area (Å²) >= 11 is 0. The molecule has 0 saturated carbocycles. The van der Waals surface area contributed by atoms with Crippen LogP contribution in [0.15, 0.2) is 24.3 Å². The normalized spacial score (nSPS) is 17.6. The molecule has 118 valence electrons. The molecule has 1 aromatic carbocycles. The van der Waals surface area contributed by atoms with Crippen LogP contribution < -0.4 is 5.32 Å². The maximum atomic E-state index is 12.2. The monoisotopic (exact) mass is 304 g/mol. The fourth-order valence-corrected chi connectivity index (χ4v) is 2.45. The van der Waals surface area contributed by atoms with Gasteiger partial charge in [-0.2, -0.15) is 0 Å². The lowest BCUT2D eigenvalue weighted by atomic mass is 10.1. The molecule has 1 fully saturated rings. The van der Waals surface area contributed by atoms with Crippen LogP contribution in [0.2, 0.25) is 0 Å². The van der Waals surface area contributed by atoms with Gasteiger partial charge in [0.15, 0.2) is 0 Å². The molecule has 6 nitrogen and oxygen atoms in total. The highest BCUT2D eigenvalue weighted by molar-refractivity contribution is 5.97. The zero-order valence-electron chi connectivity index (χ0n) is 12.5. The number of aromatic carboxylic acids is 1. The lowest BCUT2D eigenvalue weighted by Gasteiger charge is -2.16. The third-order valence-corrected chi connectivity index (χ3v) is 3.77. The van der Waals surface area contributed by atoms with E-state index in [1.165, 1.54) is 12.1 Å². The summed E-state index contributed by atoms with van der Waals surface area (Å²) in [6, 6.07) is 5.97. The number of unbranched alkanes of at least 4 members (excludes halogenated alkanes) is 1. The zero-order chi connectivity index (χ0) is 16.1. The summed E-state index contributed by atoms with van der Waals surface area (Å²) < 4.78 is 0. The van der Waals surface area contributed by atoms with E-state index >= 15 is 0 Å². The molecule has 1 aromatic rings. The Bertz CT molecular complexity index is 568. The van der Waals surface area contributed by atoms with E-state index in [1.807, 2.05) is 0 Å². The summed E-state index contributed by atoms with van der Waals surface area (Å²) in [4.78, 5) is 36.5. The quantitative estimate of drug-likeness (QED) is 0.841. The molecule has 2 rings (SSSR count). The van der Waals surface area contributed by atoms with E-state index in [9.17, 15) is 14.4 Å². The second-order valence-electron chi connectivity index (χ2n) is 5.47. The minimum absolute atomic E-state index is 0.0230. The molecule has 6 heteroatoms. The Hall–Kier alpha value is -2.37. The van der Waals surface area contributed by atoms with E-state index in [1.54, 1.807) is 17.0 Å². The molecule has 1 saturated heterocycles. The Morgan fingerprint density at radius 1 is 1.32 bits per heavy atom. The summed E-state index contributed by atoms with van der Waals surface area (Å²) in [7, 11) is 0. The van der Waals surface area contributed by atoms with Crippen molar-refractivity contribution in [1.82, 2.24) is 4.90 Å². The molecular weight excluding hydrogens is 284 g/mol. The van der Waals surface area contributed by atoms with Crippen LogP contribution in [0.1, 0.15) is 36.5 Å². The van der Waals surface area contributed by atoms with Gasteiger partial charge in [0, 0.05) is 25.2 Å². The molecule has 1 atom stereocenters. The molecule has 0 aromatic heterocycles. The van der Waals surface area contributed by atoms with Gasteiger partial charge in [-0.15, -0.1) is 0 Å². The Morgan fingerprint density at radius 3 is 2.59 bits per heavy atom. The van der Waals surface area contributed by atoms with Gasteiger partial charge in [-0.1, -0.05) is 13.3 Å². The number of amides is 2. The predicted molar refractivity (Wildman–Crippen MR) is 81.6 cm³/mol. The van der Waals surface area contributed by atoms with Crippen LogP contribution in [0.25, 0.3) is 0 Å². The van der Waals surface area contributed by atoms with Crippen LogP contribution in [-0.2, 0) is 9.59 Å². The summed E-state index contributed by atoms with van der Waals surface area (Å²) in [5, 5.41) is 11.6. The molecular formula is C16H20N2O4. The van der Waals surface area contributed by atoms with Crippen molar-refractivity contribution in [3.63, 3.8) is 0 Å². The average Bonchev–Trinajstić information content (AvgIpc) is 2.87. The third-order valence-electron chi connectivity index (χ3n) is 3.77. The maximum absolute atomic E-state index is 12.2. The number of rotatable bonds is 6. The van der Waals surface area contributed by atoms with Crippen molar-refractivity contribution in [2.75, 3.05) is 18.4 Å². The topological polar surface area (TPSA) is 86.7 Å². The molecule has 0 bridgehead atoms. The smallest absolute Gasteiger partial charge is 0.335 e. The summed E-state index contributed by atoms with van der Waals surface area (Å²) in [6.45, 7) is 3.22. The van der Waals surface area contributed by atoms with Crippen LogP contribution in [-0.4, -0.2) is 40.9 Å². The first-order valence-electron chi connectivity index (χ1n) is 7.43. The van der Waals surface area contributed by atoms with Crippen LogP contribution in [0.3, 0.4) is 0 Å². The van der Waals surface area contributed by atoms with Gasteiger partial charge < -0.3 is 15.3 Å². The third kappa shape index (κ3) is 3.84. The average molecular weight is 304 g/mol. The van der Waals surface area contributed by atoms with Crippen molar-refractivity contribution in [3.8, 4) is 0 Å². The zero-order valence-corrected chi connectivity index (χ0v) is 12.5. The van der Waals surface area contributed by atoms with Crippen molar-refractivity contribution in [3.05, 3.63) is 29.8 Å². The van der Waals surface area contributed by atoms with E-state index in [4.69, 9.17) is 5.11 Å². The molecule has 1 aliphatic heterocycles. The fraction of sp³-hybridized carbons (Fsp3) is 0.438. The van der Waals surface area contributed by atoms with Crippen molar-refractivity contribution in [2.24, 2.45) is 5.92 Å². The first-order chi connectivity index (χ1) is 10.5. The standard InChI is InChI=1S/C16H20N2O4/c1-2-3-8-18-10-12(9-14(18)19)15(20)17-13-6-4-11(5-7-13)16(21)22/h4-7,12H,2-3,8-10H2,1H3,(H,17,20)(H,21,22)/t12-/m0/s1. The molecule has 1 heterocycles. The summed E-state index contributed by atoms with van der Waals surface area (Å²) in [5.74, 6) is -1.53.